The third-order valence-corrected chi connectivity index (χ3v) is 4.27. The van der Waals surface area contributed by atoms with E-state index >= 15 is 0 Å². The first kappa shape index (κ1) is 20.6. The van der Waals surface area contributed by atoms with E-state index in [-0.39, 0.29) is 23.5 Å². The van der Waals surface area contributed by atoms with Crippen molar-refractivity contribution < 1.29 is 19.4 Å². The van der Waals surface area contributed by atoms with Gasteiger partial charge in [-0.25, -0.2) is 4.98 Å². The molecule has 3 rings (SSSR count). The van der Waals surface area contributed by atoms with E-state index in [1.54, 1.807) is 18.2 Å². The molecule has 0 aliphatic carbocycles. The van der Waals surface area contributed by atoms with E-state index in [9.17, 15) is 25.0 Å². The van der Waals surface area contributed by atoms with Crippen LogP contribution in [0.25, 0.3) is 11.6 Å². The summed E-state index contributed by atoms with van der Waals surface area (Å²) in [4.78, 5) is 37.6. The molecule has 0 aliphatic heterocycles. The van der Waals surface area contributed by atoms with Gasteiger partial charge in [0.15, 0.2) is 0 Å². The van der Waals surface area contributed by atoms with Crippen LogP contribution < -0.4 is 0 Å². The van der Waals surface area contributed by atoms with Gasteiger partial charge < -0.3 is 4.74 Å². The second kappa shape index (κ2) is 8.88. The van der Waals surface area contributed by atoms with E-state index in [1.807, 2.05) is 0 Å². The minimum atomic E-state index is -0.541. The van der Waals surface area contributed by atoms with Crippen molar-refractivity contribution in [1.29, 1.82) is 0 Å². The summed E-state index contributed by atoms with van der Waals surface area (Å²) in [5.74, 6) is -0.0853. The van der Waals surface area contributed by atoms with Crippen molar-refractivity contribution in [1.82, 2.24) is 9.55 Å². The monoisotopic (exact) mass is 408 g/mol. The Hall–Kier alpha value is -4.18. The van der Waals surface area contributed by atoms with Gasteiger partial charge in [-0.05, 0) is 41.5 Å². The van der Waals surface area contributed by atoms with Crippen molar-refractivity contribution in [2.45, 2.75) is 0 Å². The van der Waals surface area contributed by atoms with Crippen LogP contribution >= 0.6 is 0 Å². The van der Waals surface area contributed by atoms with E-state index in [2.05, 4.69) is 4.98 Å². The standard InChI is InChI=1S/C20H16N4O6/c1-30-13-16(14-2-6-17(7-3-14)23(26)27)12-19-21-10-11-22(19)20(25)15-4-8-18(9-5-15)24(28)29/h2-12H,13H2,1H3/b16-12+. The molecule has 0 amide bonds. The first-order valence-electron chi connectivity index (χ1n) is 8.67. The Morgan fingerprint density at radius 2 is 1.53 bits per heavy atom. The van der Waals surface area contributed by atoms with Gasteiger partial charge in [0.2, 0.25) is 0 Å². The lowest BCUT2D eigenvalue weighted by atomic mass is 10.1. The molecule has 0 spiro atoms. The number of benzene rings is 2. The number of rotatable bonds is 7. The summed E-state index contributed by atoms with van der Waals surface area (Å²) in [5.41, 5.74) is 1.45. The third-order valence-electron chi connectivity index (χ3n) is 4.27. The molecule has 0 saturated heterocycles. The molecule has 0 fully saturated rings. The van der Waals surface area contributed by atoms with Crippen LogP contribution in [-0.4, -0.2) is 39.0 Å². The highest BCUT2D eigenvalue weighted by Crippen LogP contribution is 2.22. The summed E-state index contributed by atoms with van der Waals surface area (Å²) < 4.78 is 6.53. The van der Waals surface area contributed by atoms with Crippen molar-refractivity contribution >= 4 is 28.9 Å². The number of hydrogen-bond donors (Lipinski definition) is 0. The fraction of sp³-hybridized carbons (Fsp3) is 0.100. The van der Waals surface area contributed by atoms with Gasteiger partial charge in [-0.15, -0.1) is 0 Å². The maximum atomic E-state index is 12.8. The van der Waals surface area contributed by atoms with Gasteiger partial charge in [0.05, 0.1) is 16.5 Å². The van der Waals surface area contributed by atoms with Gasteiger partial charge in [-0.3, -0.25) is 29.6 Å². The summed E-state index contributed by atoms with van der Waals surface area (Å²) in [6.07, 6.45) is 4.58. The number of hydrogen-bond acceptors (Lipinski definition) is 7. The van der Waals surface area contributed by atoms with E-state index in [4.69, 9.17) is 4.74 Å². The van der Waals surface area contributed by atoms with Crippen LogP contribution in [0.3, 0.4) is 0 Å². The zero-order chi connectivity index (χ0) is 21.7. The number of nitrogens with zero attached hydrogens (tertiary/aromatic N) is 4. The lowest BCUT2D eigenvalue weighted by Crippen LogP contribution is -2.13. The molecule has 3 aromatic rings. The van der Waals surface area contributed by atoms with Gasteiger partial charge in [-0.1, -0.05) is 0 Å². The molecule has 0 N–H and O–H groups in total. The van der Waals surface area contributed by atoms with Crippen LogP contribution in [0.5, 0.6) is 0 Å². The lowest BCUT2D eigenvalue weighted by molar-refractivity contribution is -0.385. The topological polar surface area (TPSA) is 130 Å². The highest BCUT2D eigenvalue weighted by Gasteiger charge is 2.15. The van der Waals surface area contributed by atoms with Crippen LogP contribution in [0.15, 0.2) is 60.9 Å². The van der Waals surface area contributed by atoms with Gasteiger partial charge in [0.25, 0.3) is 17.3 Å². The molecule has 0 unspecified atom stereocenters. The lowest BCUT2D eigenvalue weighted by Gasteiger charge is -2.09. The van der Waals surface area contributed by atoms with Crippen molar-refractivity contribution in [3.8, 4) is 0 Å². The molecule has 10 heteroatoms. The molecule has 0 atom stereocenters. The van der Waals surface area contributed by atoms with Crippen LogP contribution in [0.2, 0.25) is 0 Å². The number of carbonyl (C=O) groups is 1. The average Bonchev–Trinajstić information content (AvgIpc) is 3.21. The first-order valence-corrected chi connectivity index (χ1v) is 8.67. The average molecular weight is 408 g/mol. The number of nitro groups is 2. The second-order valence-corrected chi connectivity index (χ2v) is 6.17. The van der Waals surface area contributed by atoms with Crippen LogP contribution in [0.4, 0.5) is 11.4 Å². The molecule has 0 saturated carbocycles. The Bertz CT molecular complexity index is 1120. The molecule has 1 aromatic heterocycles. The number of non-ortho nitro benzene ring substituents is 2. The quantitative estimate of drug-likeness (QED) is 0.431. The SMILES string of the molecule is COC/C(=C\c1nccn1C(=O)c1ccc([N+](=O)[O-])cc1)c1ccc([N+](=O)[O-])cc1. The van der Waals surface area contributed by atoms with Crippen molar-refractivity contribution in [3.05, 3.63) is 98.1 Å². The van der Waals surface area contributed by atoms with Gasteiger partial charge >= 0.3 is 0 Å². The molecule has 0 bridgehead atoms. The predicted molar refractivity (Wildman–Crippen MR) is 108 cm³/mol. The Morgan fingerprint density at radius 3 is 2.03 bits per heavy atom. The second-order valence-electron chi connectivity index (χ2n) is 6.17. The normalized spacial score (nSPS) is 11.3. The molecule has 30 heavy (non-hydrogen) atoms. The van der Waals surface area contributed by atoms with Gasteiger partial charge in [0, 0.05) is 49.3 Å². The van der Waals surface area contributed by atoms with Crippen molar-refractivity contribution in [2.75, 3.05) is 13.7 Å². The number of ether oxygens (including phenoxy) is 1. The number of aromatic nitrogens is 2. The molecule has 1 heterocycles. The van der Waals surface area contributed by atoms with E-state index < -0.39 is 15.8 Å². The van der Waals surface area contributed by atoms with Crippen molar-refractivity contribution in [3.63, 3.8) is 0 Å². The minimum absolute atomic E-state index is 0.0367. The molecule has 0 aliphatic rings. The number of methoxy groups -OCH3 is 1. The molecule has 2 aromatic carbocycles. The largest absolute Gasteiger partial charge is 0.380 e. The zero-order valence-corrected chi connectivity index (χ0v) is 15.8. The van der Waals surface area contributed by atoms with E-state index in [0.29, 0.717) is 17.0 Å². The summed E-state index contributed by atoms with van der Waals surface area (Å²) in [7, 11) is 1.51. The summed E-state index contributed by atoms with van der Waals surface area (Å²) >= 11 is 0. The predicted octanol–water partition coefficient (Wildman–Crippen LogP) is 3.58. The molecule has 0 radical (unpaired) electrons. The Morgan fingerprint density at radius 1 is 1.00 bits per heavy atom. The molecular weight excluding hydrogens is 392 g/mol. The summed E-state index contributed by atoms with van der Waals surface area (Å²) in [5, 5.41) is 21.6. The fourth-order valence-electron chi connectivity index (χ4n) is 2.78. The van der Waals surface area contributed by atoms with Crippen LogP contribution in [0.1, 0.15) is 21.7 Å². The number of imidazole rings is 1. The van der Waals surface area contributed by atoms with Gasteiger partial charge in [0.1, 0.15) is 5.82 Å². The van der Waals surface area contributed by atoms with Crippen LogP contribution in [0, 0.1) is 20.2 Å². The summed E-state index contributed by atoms with van der Waals surface area (Å²) in [6.45, 7) is 0.191. The van der Waals surface area contributed by atoms with Crippen molar-refractivity contribution in [2.24, 2.45) is 0 Å². The zero-order valence-electron chi connectivity index (χ0n) is 15.8. The smallest absolute Gasteiger partial charge is 0.269 e. The van der Waals surface area contributed by atoms with Gasteiger partial charge in [-0.2, -0.15) is 0 Å². The Kier molecular flexibility index (Phi) is 6.08. The van der Waals surface area contributed by atoms with Crippen LogP contribution in [-0.2, 0) is 4.74 Å². The molecular formula is C20H16N4O6. The maximum absolute atomic E-state index is 12.8. The Balaban J connectivity index is 1.94. The molecule has 152 valence electrons. The molecule has 10 nitrogen and oxygen atoms in total. The first-order chi connectivity index (χ1) is 14.4. The van der Waals surface area contributed by atoms with E-state index in [1.165, 1.54) is 60.5 Å². The maximum Gasteiger partial charge on any atom is 0.269 e. The minimum Gasteiger partial charge on any atom is -0.380 e. The Labute approximate surface area is 170 Å². The highest BCUT2D eigenvalue weighted by molar-refractivity contribution is 5.97. The van der Waals surface area contributed by atoms with E-state index in [0.717, 1.165) is 0 Å². The summed E-state index contributed by atoms with van der Waals surface area (Å²) in [6, 6.07) is 11.2. The fourth-order valence-corrected chi connectivity index (χ4v) is 2.78. The number of nitro benzene ring substituents is 2. The third kappa shape index (κ3) is 4.45. The number of carbonyl (C=O) groups excluding carboxylic acids is 1. The highest BCUT2D eigenvalue weighted by atomic mass is 16.6.